The molecule has 2 aliphatic rings. The van der Waals surface area contributed by atoms with E-state index in [0.717, 1.165) is 12.8 Å². The van der Waals surface area contributed by atoms with E-state index < -0.39 is 0 Å². The Morgan fingerprint density at radius 1 is 1.35 bits per heavy atom. The monoisotopic (exact) mass is 248 g/mol. The topological polar surface area (TPSA) is 42.0 Å². The van der Waals surface area contributed by atoms with Crippen molar-refractivity contribution < 1.29 is 4.79 Å². The van der Waals surface area contributed by atoms with E-state index in [1.54, 1.807) is 18.2 Å². The zero-order chi connectivity index (χ0) is 11.8. The fourth-order valence-corrected chi connectivity index (χ4v) is 2.94. The van der Waals surface area contributed by atoms with E-state index in [9.17, 15) is 4.79 Å². The van der Waals surface area contributed by atoms with Crippen LogP contribution in [0.2, 0.25) is 5.15 Å². The van der Waals surface area contributed by atoms with Gasteiger partial charge in [0.15, 0.2) is 0 Å². The molecular weight excluding hydrogens is 236 g/mol. The minimum absolute atomic E-state index is 0.0663. The highest BCUT2D eigenvalue weighted by Crippen LogP contribution is 2.43. The van der Waals surface area contributed by atoms with Gasteiger partial charge in [-0.25, -0.2) is 4.98 Å². The number of pyridine rings is 1. The van der Waals surface area contributed by atoms with E-state index in [2.05, 4.69) is 22.5 Å². The Bertz CT molecular complexity index is 486. The van der Waals surface area contributed by atoms with Crippen molar-refractivity contribution >= 4 is 23.3 Å². The number of aromatic nitrogens is 1. The highest BCUT2D eigenvalue weighted by atomic mass is 35.5. The van der Waals surface area contributed by atoms with Gasteiger partial charge in [-0.05, 0) is 36.8 Å². The zero-order valence-corrected chi connectivity index (χ0v) is 10.0. The lowest BCUT2D eigenvalue weighted by molar-refractivity contribution is -0.120. The largest absolute Gasteiger partial charge is 0.310 e. The van der Waals surface area contributed by atoms with Crippen LogP contribution in [0.5, 0.6) is 0 Å². The number of carbonyl (C=O) groups excluding carboxylic acids is 1. The molecule has 3 rings (SSSR count). The number of nitrogens with one attached hydrogen (secondary N) is 1. The number of rotatable bonds is 2. The molecular formula is C13H13ClN2O. The maximum absolute atomic E-state index is 12.1. The predicted octanol–water partition coefficient (Wildman–Crippen LogP) is 2.89. The van der Waals surface area contributed by atoms with Crippen LogP contribution in [0, 0.1) is 17.8 Å². The number of nitrogens with zero attached hydrogens (tertiary/aromatic N) is 1. The third-order valence-corrected chi connectivity index (χ3v) is 3.79. The van der Waals surface area contributed by atoms with Gasteiger partial charge in [-0.2, -0.15) is 0 Å². The van der Waals surface area contributed by atoms with Crippen LogP contribution in [0.25, 0.3) is 0 Å². The molecule has 0 aliphatic heterocycles. The molecule has 1 N–H and O–H groups in total. The van der Waals surface area contributed by atoms with E-state index >= 15 is 0 Å². The first-order valence-corrected chi connectivity index (χ1v) is 6.22. The van der Waals surface area contributed by atoms with Gasteiger partial charge >= 0.3 is 0 Å². The number of fused-ring (bicyclic) bond motifs is 2. The number of halogens is 1. The van der Waals surface area contributed by atoms with Crippen LogP contribution in [-0.2, 0) is 4.79 Å². The Balaban J connectivity index is 1.70. The van der Waals surface area contributed by atoms with Crippen LogP contribution in [-0.4, -0.2) is 10.9 Å². The molecule has 4 heteroatoms. The standard InChI is InChI=1S/C13H13ClN2O/c14-11-2-1-3-12(15-11)16-13(17)10-7-8-4-5-9(10)6-8/h1-5,8-10H,6-7H2,(H,15,16,17). The van der Waals surface area contributed by atoms with Crippen molar-refractivity contribution in [1.82, 2.24) is 4.98 Å². The molecule has 0 aromatic carbocycles. The lowest BCUT2D eigenvalue weighted by atomic mass is 9.93. The number of hydrogen-bond donors (Lipinski definition) is 1. The minimum Gasteiger partial charge on any atom is -0.310 e. The SMILES string of the molecule is O=C(Nc1cccc(Cl)n1)C1CC2C=CC1C2. The predicted molar refractivity (Wildman–Crippen MR) is 66.7 cm³/mol. The van der Waals surface area contributed by atoms with Crippen LogP contribution < -0.4 is 5.32 Å². The third kappa shape index (κ3) is 2.07. The van der Waals surface area contributed by atoms with Crippen molar-refractivity contribution in [3.63, 3.8) is 0 Å². The van der Waals surface area contributed by atoms with Crippen molar-refractivity contribution in [3.8, 4) is 0 Å². The molecule has 3 unspecified atom stereocenters. The molecule has 17 heavy (non-hydrogen) atoms. The fraction of sp³-hybridized carbons (Fsp3) is 0.385. The van der Waals surface area contributed by atoms with Gasteiger partial charge < -0.3 is 5.32 Å². The van der Waals surface area contributed by atoms with Gasteiger partial charge in [-0.3, -0.25) is 4.79 Å². The van der Waals surface area contributed by atoms with Crippen LogP contribution in [0.15, 0.2) is 30.4 Å². The molecule has 1 saturated carbocycles. The summed E-state index contributed by atoms with van der Waals surface area (Å²) in [6.45, 7) is 0. The van der Waals surface area contributed by atoms with Crippen molar-refractivity contribution in [2.45, 2.75) is 12.8 Å². The molecule has 1 aromatic rings. The van der Waals surface area contributed by atoms with Gasteiger partial charge in [0.2, 0.25) is 5.91 Å². The summed E-state index contributed by atoms with van der Waals surface area (Å²) in [4.78, 5) is 16.1. The first-order valence-electron chi connectivity index (χ1n) is 5.84. The molecule has 3 atom stereocenters. The molecule has 2 aliphatic carbocycles. The lowest BCUT2D eigenvalue weighted by Gasteiger charge is -2.17. The van der Waals surface area contributed by atoms with Crippen molar-refractivity contribution in [2.24, 2.45) is 17.8 Å². The molecule has 1 fully saturated rings. The first kappa shape index (κ1) is 10.8. The second kappa shape index (κ2) is 4.15. The maximum atomic E-state index is 12.1. The third-order valence-electron chi connectivity index (χ3n) is 3.58. The summed E-state index contributed by atoms with van der Waals surface area (Å²) in [7, 11) is 0. The molecule has 0 spiro atoms. The Hall–Kier alpha value is -1.35. The quantitative estimate of drug-likeness (QED) is 0.646. The number of amides is 1. The van der Waals surface area contributed by atoms with E-state index in [0.29, 0.717) is 22.8 Å². The molecule has 1 aromatic heterocycles. The average Bonchev–Trinajstić information content (AvgIpc) is 2.90. The summed E-state index contributed by atoms with van der Waals surface area (Å²) in [5.41, 5.74) is 0. The highest BCUT2D eigenvalue weighted by Gasteiger charge is 2.39. The van der Waals surface area contributed by atoms with Crippen molar-refractivity contribution in [3.05, 3.63) is 35.5 Å². The van der Waals surface area contributed by atoms with E-state index in [4.69, 9.17) is 11.6 Å². The molecule has 88 valence electrons. The Morgan fingerprint density at radius 2 is 2.24 bits per heavy atom. The minimum atomic E-state index is 0.0663. The molecule has 1 amide bonds. The van der Waals surface area contributed by atoms with Crippen LogP contribution in [0.3, 0.4) is 0 Å². The average molecular weight is 249 g/mol. The van der Waals surface area contributed by atoms with Crippen LogP contribution >= 0.6 is 11.6 Å². The van der Waals surface area contributed by atoms with Crippen LogP contribution in [0.4, 0.5) is 5.82 Å². The summed E-state index contributed by atoms with van der Waals surface area (Å²) in [5.74, 6) is 1.72. The summed E-state index contributed by atoms with van der Waals surface area (Å²) < 4.78 is 0. The number of allylic oxidation sites excluding steroid dienone is 2. The number of anilines is 1. The van der Waals surface area contributed by atoms with Crippen LogP contribution in [0.1, 0.15) is 12.8 Å². The fourth-order valence-electron chi connectivity index (χ4n) is 2.78. The van der Waals surface area contributed by atoms with Gasteiger partial charge in [-0.15, -0.1) is 0 Å². The van der Waals surface area contributed by atoms with Crippen molar-refractivity contribution in [2.75, 3.05) is 5.32 Å². The second-order valence-electron chi connectivity index (χ2n) is 4.72. The summed E-state index contributed by atoms with van der Waals surface area (Å²) in [6.07, 6.45) is 6.49. The van der Waals surface area contributed by atoms with E-state index in [-0.39, 0.29) is 11.8 Å². The summed E-state index contributed by atoms with van der Waals surface area (Å²) in [6, 6.07) is 5.23. The molecule has 0 saturated heterocycles. The first-order chi connectivity index (χ1) is 8.22. The smallest absolute Gasteiger partial charge is 0.229 e. The summed E-state index contributed by atoms with van der Waals surface area (Å²) in [5, 5.41) is 3.24. The number of carbonyl (C=O) groups is 1. The van der Waals surface area contributed by atoms with Gasteiger partial charge in [0.1, 0.15) is 11.0 Å². The van der Waals surface area contributed by atoms with E-state index in [1.165, 1.54) is 0 Å². The van der Waals surface area contributed by atoms with Gasteiger partial charge in [0.05, 0.1) is 0 Å². The van der Waals surface area contributed by atoms with E-state index in [1.807, 2.05) is 0 Å². The Kier molecular flexibility index (Phi) is 2.63. The molecule has 2 bridgehead atoms. The van der Waals surface area contributed by atoms with Gasteiger partial charge in [0, 0.05) is 5.92 Å². The molecule has 3 nitrogen and oxygen atoms in total. The maximum Gasteiger partial charge on any atom is 0.229 e. The van der Waals surface area contributed by atoms with Gasteiger partial charge in [0.25, 0.3) is 0 Å². The molecule has 0 radical (unpaired) electrons. The van der Waals surface area contributed by atoms with Gasteiger partial charge in [-0.1, -0.05) is 29.8 Å². The lowest BCUT2D eigenvalue weighted by Crippen LogP contribution is -2.26. The second-order valence-corrected chi connectivity index (χ2v) is 5.11. The zero-order valence-electron chi connectivity index (χ0n) is 9.27. The number of hydrogen-bond acceptors (Lipinski definition) is 2. The molecule has 1 heterocycles. The highest BCUT2D eigenvalue weighted by molar-refractivity contribution is 6.29. The Labute approximate surface area is 105 Å². The normalized spacial score (nSPS) is 29.6. The summed E-state index contributed by atoms with van der Waals surface area (Å²) >= 11 is 5.78. The van der Waals surface area contributed by atoms with Crippen molar-refractivity contribution in [1.29, 1.82) is 0 Å². The Morgan fingerprint density at radius 3 is 2.88 bits per heavy atom.